The predicted octanol–water partition coefficient (Wildman–Crippen LogP) is 2.76. The zero-order chi connectivity index (χ0) is 18.0. The lowest BCUT2D eigenvalue weighted by Gasteiger charge is -2.19. The van der Waals surface area contributed by atoms with Gasteiger partial charge in [0.15, 0.2) is 11.5 Å². The molecule has 1 amide bonds. The quantitative estimate of drug-likeness (QED) is 0.870. The van der Waals surface area contributed by atoms with Gasteiger partial charge in [0.1, 0.15) is 6.61 Å². The highest BCUT2D eigenvalue weighted by molar-refractivity contribution is 5.78. The van der Waals surface area contributed by atoms with Crippen LogP contribution in [0.3, 0.4) is 0 Å². The first-order valence-corrected chi connectivity index (χ1v) is 8.17. The van der Waals surface area contributed by atoms with Crippen molar-refractivity contribution in [3.05, 3.63) is 47.9 Å². The van der Waals surface area contributed by atoms with E-state index in [0.29, 0.717) is 31.1 Å². The van der Waals surface area contributed by atoms with Crippen LogP contribution in [-0.4, -0.2) is 39.0 Å². The maximum atomic E-state index is 12.2. The van der Waals surface area contributed by atoms with Gasteiger partial charge in [0.25, 0.3) is 0 Å². The van der Waals surface area contributed by atoms with Crippen LogP contribution in [0.25, 0.3) is 11.3 Å². The van der Waals surface area contributed by atoms with Gasteiger partial charge in [-0.25, -0.2) is 4.98 Å². The summed E-state index contributed by atoms with van der Waals surface area (Å²) in [5.74, 6) is 0.465. The summed E-state index contributed by atoms with van der Waals surface area (Å²) >= 11 is 0. The van der Waals surface area contributed by atoms with Crippen molar-refractivity contribution in [2.24, 2.45) is 0 Å². The molecule has 2 aromatic rings. The van der Waals surface area contributed by atoms with Crippen molar-refractivity contribution in [1.29, 1.82) is 0 Å². The summed E-state index contributed by atoms with van der Waals surface area (Å²) in [5.41, 5.74) is 3.80. The number of phenols is 1. The number of ether oxygens (including phenoxy) is 1. The SMILES string of the molecule is C=CCC(=O)N1CCOc2c(O)cc(-c3nc(C)cnc3C)cc2C1. The third-order valence-electron chi connectivity index (χ3n) is 4.14. The van der Waals surface area contributed by atoms with Crippen molar-refractivity contribution in [3.8, 4) is 22.8 Å². The molecule has 1 aromatic heterocycles. The van der Waals surface area contributed by atoms with Gasteiger partial charge in [-0.3, -0.25) is 9.78 Å². The van der Waals surface area contributed by atoms with E-state index in [2.05, 4.69) is 16.5 Å². The van der Waals surface area contributed by atoms with E-state index >= 15 is 0 Å². The van der Waals surface area contributed by atoms with Gasteiger partial charge >= 0.3 is 0 Å². The first kappa shape index (κ1) is 17.0. The fourth-order valence-electron chi connectivity index (χ4n) is 2.91. The summed E-state index contributed by atoms with van der Waals surface area (Å²) in [6, 6.07) is 3.54. The molecule has 1 aliphatic rings. The van der Waals surface area contributed by atoms with E-state index in [0.717, 1.165) is 22.5 Å². The number of hydrogen-bond acceptors (Lipinski definition) is 5. The van der Waals surface area contributed by atoms with Crippen LogP contribution in [0.4, 0.5) is 0 Å². The molecule has 1 aliphatic heterocycles. The monoisotopic (exact) mass is 339 g/mol. The topological polar surface area (TPSA) is 75.6 Å². The van der Waals surface area contributed by atoms with Gasteiger partial charge in [0, 0.05) is 30.3 Å². The first-order valence-electron chi connectivity index (χ1n) is 8.17. The summed E-state index contributed by atoms with van der Waals surface area (Å²) in [6.45, 7) is 8.55. The van der Waals surface area contributed by atoms with Crippen LogP contribution >= 0.6 is 0 Å². The Morgan fingerprint density at radius 3 is 3.00 bits per heavy atom. The molecule has 3 rings (SSSR count). The van der Waals surface area contributed by atoms with Crippen molar-refractivity contribution in [2.45, 2.75) is 26.8 Å². The van der Waals surface area contributed by atoms with Crippen LogP contribution in [0.2, 0.25) is 0 Å². The number of hydrogen-bond donors (Lipinski definition) is 1. The van der Waals surface area contributed by atoms with Gasteiger partial charge in [-0.15, -0.1) is 6.58 Å². The largest absolute Gasteiger partial charge is 0.504 e. The zero-order valence-corrected chi connectivity index (χ0v) is 14.5. The number of aryl methyl sites for hydroxylation is 2. The smallest absolute Gasteiger partial charge is 0.226 e. The number of aromatic nitrogens is 2. The zero-order valence-electron chi connectivity index (χ0n) is 14.5. The Morgan fingerprint density at radius 2 is 2.24 bits per heavy atom. The van der Waals surface area contributed by atoms with Crippen LogP contribution < -0.4 is 4.74 Å². The molecule has 0 spiro atoms. The van der Waals surface area contributed by atoms with Crippen LogP contribution in [0.5, 0.6) is 11.5 Å². The summed E-state index contributed by atoms with van der Waals surface area (Å²) in [4.78, 5) is 22.8. The lowest BCUT2D eigenvalue weighted by molar-refractivity contribution is -0.131. The Labute approximate surface area is 146 Å². The fourth-order valence-corrected chi connectivity index (χ4v) is 2.91. The van der Waals surface area contributed by atoms with Crippen molar-refractivity contribution >= 4 is 5.91 Å². The number of aromatic hydroxyl groups is 1. The number of rotatable bonds is 3. The maximum Gasteiger partial charge on any atom is 0.226 e. The van der Waals surface area contributed by atoms with E-state index in [1.165, 1.54) is 0 Å². The molecule has 6 heteroatoms. The fraction of sp³-hybridized carbons (Fsp3) is 0.316. The second-order valence-electron chi connectivity index (χ2n) is 6.09. The number of carbonyl (C=O) groups is 1. The lowest BCUT2D eigenvalue weighted by atomic mass is 10.0. The van der Waals surface area contributed by atoms with Gasteiger partial charge in [-0.2, -0.15) is 0 Å². The van der Waals surface area contributed by atoms with Gasteiger partial charge in [-0.1, -0.05) is 6.08 Å². The molecule has 2 heterocycles. The van der Waals surface area contributed by atoms with Crippen LogP contribution in [0.15, 0.2) is 31.0 Å². The summed E-state index contributed by atoms with van der Waals surface area (Å²) in [5, 5.41) is 10.4. The molecular formula is C19H21N3O3. The molecule has 25 heavy (non-hydrogen) atoms. The first-order chi connectivity index (χ1) is 12.0. The molecule has 1 N–H and O–H groups in total. The van der Waals surface area contributed by atoms with E-state index in [1.807, 2.05) is 19.9 Å². The Morgan fingerprint density at radius 1 is 1.44 bits per heavy atom. The predicted molar refractivity (Wildman–Crippen MR) is 94.3 cm³/mol. The minimum Gasteiger partial charge on any atom is -0.504 e. The Bertz CT molecular complexity index is 833. The Kier molecular flexibility index (Phi) is 4.70. The van der Waals surface area contributed by atoms with Crippen LogP contribution in [-0.2, 0) is 11.3 Å². The van der Waals surface area contributed by atoms with Crippen molar-refractivity contribution in [1.82, 2.24) is 14.9 Å². The van der Waals surface area contributed by atoms with Gasteiger partial charge < -0.3 is 14.7 Å². The normalized spacial score (nSPS) is 13.6. The van der Waals surface area contributed by atoms with Crippen molar-refractivity contribution in [2.75, 3.05) is 13.2 Å². The van der Waals surface area contributed by atoms with Gasteiger partial charge in [-0.05, 0) is 26.0 Å². The number of fused-ring (bicyclic) bond motifs is 1. The molecule has 0 unspecified atom stereocenters. The van der Waals surface area contributed by atoms with Gasteiger partial charge in [0.05, 0.1) is 23.6 Å². The van der Waals surface area contributed by atoms with E-state index < -0.39 is 0 Å². The van der Waals surface area contributed by atoms with E-state index in [-0.39, 0.29) is 18.1 Å². The number of benzene rings is 1. The molecule has 0 saturated heterocycles. The second-order valence-corrected chi connectivity index (χ2v) is 6.09. The summed E-state index contributed by atoms with van der Waals surface area (Å²) in [7, 11) is 0. The lowest BCUT2D eigenvalue weighted by Crippen LogP contribution is -2.31. The number of phenolic OH excluding ortho intramolecular Hbond substituents is 1. The molecule has 0 bridgehead atoms. The van der Waals surface area contributed by atoms with Crippen LogP contribution in [0, 0.1) is 13.8 Å². The van der Waals surface area contributed by atoms with E-state index in [4.69, 9.17) is 4.74 Å². The van der Waals surface area contributed by atoms with Gasteiger partial charge in [0.2, 0.25) is 5.91 Å². The maximum absolute atomic E-state index is 12.2. The number of nitrogens with zero attached hydrogens (tertiary/aromatic N) is 3. The molecule has 6 nitrogen and oxygen atoms in total. The summed E-state index contributed by atoms with van der Waals surface area (Å²) in [6.07, 6.45) is 3.58. The molecule has 1 aromatic carbocycles. The average molecular weight is 339 g/mol. The van der Waals surface area contributed by atoms with Crippen molar-refractivity contribution < 1.29 is 14.6 Å². The number of carbonyl (C=O) groups excluding carboxylic acids is 1. The minimum atomic E-state index is -0.0112. The standard InChI is InChI=1S/C19H21N3O3/c1-4-5-17(24)22-6-7-25-19-15(11-22)8-14(9-16(19)23)18-13(3)20-10-12(2)21-18/h4,8-10,23H,1,5-7,11H2,2-3H3. The highest BCUT2D eigenvalue weighted by Crippen LogP contribution is 2.37. The molecule has 0 radical (unpaired) electrons. The Hall–Kier alpha value is -2.89. The highest BCUT2D eigenvalue weighted by atomic mass is 16.5. The Balaban J connectivity index is 2.03. The third-order valence-corrected chi connectivity index (χ3v) is 4.14. The van der Waals surface area contributed by atoms with Crippen LogP contribution in [0.1, 0.15) is 23.4 Å². The third kappa shape index (κ3) is 3.47. The van der Waals surface area contributed by atoms with E-state index in [1.54, 1.807) is 23.2 Å². The van der Waals surface area contributed by atoms with E-state index in [9.17, 15) is 9.90 Å². The average Bonchev–Trinajstić information content (AvgIpc) is 2.80. The molecular weight excluding hydrogens is 318 g/mol. The molecule has 0 atom stereocenters. The molecule has 0 aliphatic carbocycles. The minimum absolute atomic E-state index is 0.0112. The second kappa shape index (κ2) is 6.93. The molecule has 130 valence electrons. The van der Waals surface area contributed by atoms with Crippen molar-refractivity contribution in [3.63, 3.8) is 0 Å². The summed E-state index contributed by atoms with van der Waals surface area (Å²) < 4.78 is 5.68. The molecule has 0 fully saturated rings. The number of amides is 1. The molecule has 0 saturated carbocycles. The highest BCUT2D eigenvalue weighted by Gasteiger charge is 2.23.